The van der Waals surface area contributed by atoms with Gasteiger partial charge in [-0.05, 0) is 82.1 Å². The summed E-state index contributed by atoms with van der Waals surface area (Å²) in [5.41, 5.74) is 13.0. The smallest absolute Gasteiger partial charge is 0.159 e. The van der Waals surface area contributed by atoms with E-state index in [2.05, 4.69) is 216 Å². The molecule has 258 valence electrons. The van der Waals surface area contributed by atoms with E-state index in [9.17, 15) is 0 Å². The largest absolute Gasteiger partial charge is 0.454 e. The number of fused-ring (bicyclic) bond motifs is 8. The van der Waals surface area contributed by atoms with Gasteiger partial charge in [-0.3, -0.25) is 0 Å². The Labute approximate surface area is 318 Å². The number of benzene rings is 9. The van der Waals surface area contributed by atoms with E-state index < -0.39 is 0 Å². The van der Waals surface area contributed by atoms with Crippen LogP contribution >= 0.6 is 0 Å². The zero-order chi connectivity index (χ0) is 36.3. The Morgan fingerprint density at radius 1 is 0.400 bits per heavy atom. The van der Waals surface area contributed by atoms with E-state index in [0.717, 1.165) is 50.3 Å². The molecule has 2 heterocycles. The normalized spacial score (nSPS) is 11.6. The molecule has 55 heavy (non-hydrogen) atoms. The molecule has 0 radical (unpaired) electrons. The minimum absolute atomic E-state index is 0.854. The number of hydrogen-bond acceptors (Lipinski definition) is 2. The van der Waals surface area contributed by atoms with Gasteiger partial charge < -0.3 is 13.9 Å². The molecular formula is C52H34N2O. The number of furan rings is 1. The van der Waals surface area contributed by atoms with Crippen LogP contribution in [0.4, 0.5) is 17.1 Å². The van der Waals surface area contributed by atoms with Crippen LogP contribution in [-0.2, 0) is 0 Å². The molecule has 0 aliphatic carbocycles. The molecule has 9 aromatic carbocycles. The summed E-state index contributed by atoms with van der Waals surface area (Å²) in [4.78, 5) is 2.31. The third-order valence-corrected chi connectivity index (χ3v) is 11.0. The SMILES string of the molecule is c1ccc(-c2ccc(N(c3ccccc3)c3cccc4c3oc3cc(-c5cccc6c7ccccc7n(-c7ccccc7)c56)c5ccccc5c34)cc2)cc1. The predicted octanol–water partition coefficient (Wildman–Crippen LogP) is 14.6. The Bertz CT molecular complexity index is 3180. The molecule has 0 N–H and O–H groups in total. The van der Waals surface area contributed by atoms with Crippen molar-refractivity contribution in [3.8, 4) is 27.9 Å². The van der Waals surface area contributed by atoms with E-state index in [1.54, 1.807) is 0 Å². The Balaban J connectivity index is 1.16. The van der Waals surface area contributed by atoms with Crippen LogP contribution in [-0.4, -0.2) is 4.57 Å². The summed E-state index contributed by atoms with van der Waals surface area (Å²) < 4.78 is 9.52. The highest BCUT2D eigenvalue weighted by Crippen LogP contribution is 2.47. The second-order valence-electron chi connectivity index (χ2n) is 14.1. The summed E-state index contributed by atoms with van der Waals surface area (Å²) in [5, 5.41) is 7.04. The van der Waals surface area contributed by atoms with Gasteiger partial charge in [-0.15, -0.1) is 0 Å². The number of para-hydroxylation sites is 5. The summed E-state index contributed by atoms with van der Waals surface area (Å²) in [6.07, 6.45) is 0. The summed E-state index contributed by atoms with van der Waals surface area (Å²) in [6.45, 7) is 0. The monoisotopic (exact) mass is 702 g/mol. The third kappa shape index (κ3) is 4.98. The van der Waals surface area contributed by atoms with Crippen LogP contribution in [0.1, 0.15) is 0 Å². The van der Waals surface area contributed by atoms with Crippen molar-refractivity contribution in [1.29, 1.82) is 0 Å². The van der Waals surface area contributed by atoms with Gasteiger partial charge in [0.15, 0.2) is 5.58 Å². The van der Waals surface area contributed by atoms with Gasteiger partial charge in [0, 0.05) is 44.2 Å². The van der Waals surface area contributed by atoms with Crippen LogP contribution in [0, 0.1) is 0 Å². The zero-order valence-corrected chi connectivity index (χ0v) is 29.9. The van der Waals surface area contributed by atoms with E-state index in [0.29, 0.717) is 0 Å². The molecule has 0 aliphatic heterocycles. The predicted molar refractivity (Wildman–Crippen MR) is 231 cm³/mol. The lowest BCUT2D eigenvalue weighted by Crippen LogP contribution is -2.10. The lowest BCUT2D eigenvalue weighted by atomic mass is 9.93. The van der Waals surface area contributed by atoms with Gasteiger partial charge in [0.05, 0.1) is 16.7 Å². The Morgan fingerprint density at radius 3 is 1.76 bits per heavy atom. The minimum atomic E-state index is 0.854. The number of nitrogens with zero attached hydrogens (tertiary/aromatic N) is 2. The Morgan fingerprint density at radius 2 is 0.982 bits per heavy atom. The van der Waals surface area contributed by atoms with Gasteiger partial charge in [-0.2, -0.15) is 0 Å². The Kier molecular flexibility index (Phi) is 7.17. The zero-order valence-electron chi connectivity index (χ0n) is 29.9. The molecule has 3 nitrogen and oxygen atoms in total. The van der Waals surface area contributed by atoms with Gasteiger partial charge in [-0.25, -0.2) is 0 Å². The second-order valence-corrected chi connectivity index (χ2v) is 14.1. The van der Waals surface area contributed by atoms with E-state index in [-0.39, 0.29) is 0 Å². The van der Waals surface area contributed by atoms with E-state index in [1.165, 1.54) is 49.3 Å². The van der Waals surface area contributed by atoms with Crippen molar-refractivity contribution < 1.29 is 4.42 Å². The van der Waals surface area contributed by atoms with Gasteiger partial charge in [0.1, 0.15) is 5.58 Å². The van der Waals surface area contributed by atoms with Crippen LogP contribution in [0.5, 0.6) is 0 Å². The van der Waals surface area contributed by atoms with Crippen molar-refractivity contribution in [2.45, 2.75) is 0 Å². The maximum Gasteiger partial charge on any atom is 0.159 e. The van der Waals surface area contributed by atoms with Gasteiger partial charge >= 0.3 is 0 Å². The maximum atomic E-state index is 7.11. The molecule has 0 spiro atoms. The summed E-state index contributed by atoms with van der Waals surface area (Å²) >= 11 is 0. The molecule has 0 aliphatic rings. The summed E-state index contributed by atoms with van der Waals surface area (Å²) in [6, 6.07) is 73.6. The van der Waals surface area contributed by atoms with Crippen LogP contribution in [0.2, 0.25) is 0 Å². The van der Waals surface area contributed by atoms with Crippen molar-refractivity contribution in [1.82, 2.24) is 4.57 Å². The highest BCUT2D eigenvalue weighted by atomic mass is 16.3. The fourth-order valence-corrected chi connectivity index (χ4v) is 8.56. The standard InChI is InChI=1S/C52H34N2O/c1-4-16-35(17-5-1)36-30-32-39(33-31-36)53(37-18-6-2-7-19-37)48-29-15-27-45-50-42-24-11-10-22-40(42)46(34-49(50)55-52(45)48)44-26-14-25-43-41-23-12-13-28-47(41)54(51(43)44)38-20-8-3-9-21-38/h1-34H. The molecule has 0 fully saturated rings. The highest BCUT2D eigenvalue weighted by molar-refractivity contribution is 6.25. The Hall–Kier alpha value is -7.36. The average Bonchev–Trinajstić information content (AvgIpc) is 3.81. The lowest BCUT2D eigenvalue weighted by Gasteiger charge is -2.25. The first-order chi connectivity index (χ1) is 27.3. The number of aromatic nitrogens is 1. The lowest BCUT2D eigenvalue weighted by molar-refractivity contribution is 0.669. The molecule has 0 bridgehead atoms. The van der Waals surface area contributed by atoms with E-state index in [4.69, 9.17) is 4.42 Å². The maximum absolute atomic E-state index is 7.11. The van der Waals surface area contributed by atoms with Gasteiger partial charge in [0.25, 0.3) is 0 Å². The minimum Gasteiger partial charge on any atom is -0.454 e. The third-order valence-electron chi connectivity index (χ3n) is 11.0. The van der Waals surface area contributed by atoms with Crippen molar-refractivity contribution in [3.63, 3.8) is 0 Å². The average molecular weight is 703 g/mol. The van der Waals surface area contributed by atoms with Crippen molar-refractivity contribution >= 4 is 71.6 Å². The van der Waals surface area contributed by atoms with Crippen molar-refractivity contribution in [2.24, 2.45) is 0 Å². The van der Waals surface area contributed by atoms with Gasteiger partial charge in [0.2, 0.25) is 0 Å². The van der Waals surface area contributed by atoms with Crippen molar-refractivity contribution in [2.75, 3.05) is 4.90 Å². The fourth-order valence-electron chi connectivity index (χ4n) is 8.56. The summed E-state index contributed by atoms with van der Waals surface area (Å²) in [5.74, 6) is 0. The molecule has 2 aromatic heterocycles. The van der Waals surface area contributed by atoms with Crippen LogP contribution in [0.3, 0.4) is 0 Å². The summed E-state index contributed by atoms with van der Waals surface area (Å²) in [7, 11) is 0. The van der Waals surface area contributed by atoms with Crippen molar-refractivity contribution in [3.05, 3.63) is 206 Å². The first-order valence-corrected chi connectivity index (χ1v) is 18.8. The van der Waals surface area contributed by atoms with Gasteiger partial charge in [-0.1, -0.05) is 152 Å². The van der Waals surface area contributed by atoms with Crippen LogP contribution in [0.15, 0.2) is 211 Å². The number of anilines is 3. The molecular weight excluding hydrogens is 669 g/mol. The fraction of sp³-hybridized carbons (Fsp3) is 0. The molecule has 0 atom stereocenters. The quantitative estimate of drug-likeness (QED) is 0.172. The van der Waals surface area contributed by atoms with Crippen LogP contribution in [0.25, 0.3) is 82.5 Å². The van der Waals surface area contributed by atoms with E-state index in [1.807, 2.05) is 0 Å². The molecule has 0 saturated heterocycles. The first kappa shape index (κ1) is 31.2. The molecule has 11 rings (SSSR count). The number of rotatable bonds is 6. The highest BCUT2D eigenvalue weighted by Gasteiger charge is 2.23. The van der Waals surface area contributed by atoms with Crippen LogP contribution < -0.4 is 4.90 Å². The molecule has 0 saturated carbocycles. The topological polar surface area (TPSA) is 21.3 Å². The van der Waals surface area contributed by atoms with E-state index >= 15 is 0 Å². The molecule has 3 heteroatoms. The second kappa shape index (κ2) is 12.6. The first-order valence-electron chi connectivity index (χ1n) is 18.8. The molecule has 0 unspecified atom stereocenters. The number of hydrogen-bond donors (Lipinski definition) is 0. The molecule has 0 amide bonds. The molecule has 11 aromatic rings.